The SMILES string of the molecule is Cc1cc(N2CCN([C@@H](C)C(=O)Nc3ccc(Br)cc3)CC2)nc(C(C)C)n1. The predicted octanol–water partition coefficient (Wildman–Crippen LogP) is 3.82. The van der Waals surface area contributed by atoms with Crippen molar-refractivity contribution in [3.8, 4) is 0 Å². The molecule has 1 aliphatic rings. The second-order valence-electron chi connectivity index (χ2n) is 7.58. The maximum absolute atomic E-state index is 12.6. The molecule has 150 valence electrons. The van der Waals surface area contributed by atoms with E-state index in [1.807, 2.05) is 44.2 Å². The van der Waals surface area contributed by atoms with Gasteiger partial charge in [0.25, 0.3) is 0 Å². The van der Waals surface area contributed by atoms with Crippen LogP contribution in [0.3, 0.4) is 0 Å². The van der Waals surface area contributed by atoms with E-state index in [2.05, 4.69) is 49.9 Å². The highest BCUT2D eigenvalue weighted by atomic mass is 79.9. The minimum atomic E-state index is -0.177. The second-order valence-corrected chi connectivity index (χ2v) is 8.49. The Bertz CT molecular complexity index is 816. The summed E-state index contributed by atoms with van der Waals surface area (Å²) < 4.78 is 0.996. The molecule has 2 aromatic rings. The molecule has 2 heterocycles. The molecule has 1 saturated heterocycles. The summed E-state index contributed by atoms with van der Waals surface area (Å²) in [5.41, 5.74) is 1.81. The fourth-order valence-electron chi connectivity index (χ4n) is 3.28. The maximum atomic E-state index is 12.6. The van der Waals surface area contributed by atoms with E-state index in [0.29, 0.717) is 5.92 Å². The summed E-state index contributed by atoms with van der Waals surface area (Å²) >= 11 is 3.41. The molecule has 7 heteroatoms. The van der Waals surface area contributed by atoms with Gasteiger partial charge in [0, 0.05) is 54.0 Å². The highest BCUT2D eigenvalue weighted by Gasteiger charge is 2.26. The lowest BCUT2D eigenvalue weighted by molar-refractivity contribution is -0.120. The Kier molecular flexibility index (Phi) is 6.67. The summed E-state index contributed by atoms with van der Waals surface area (Å²) in [6, 6.07) is 9.52. The Morgan fingerprint density at radius 3 is 2.32 bits per heavy atom. The van der Waals surface area contributed by atoms with Crippen molar-refractivity contribution in [2.75, 3.05) is 36.4 Å². The first-order chi connectivity index (χ1) is 13.3. The van der Waals surface area contributed by atoms with Crippen molar-refractivity contribution in [2.24, 2.45) is 0 Å². The smallest absolute Gasteiger partial charge is 0.241 e. The van der Waals surface area contributed by atoms with Gasteiger partial charge >= 0.3 is 0 Å². The normalized spacial score (nSPS) is 16.3. The number of carbonyl (C=O) groups excluding carboxylic acids is 1. The first-order valence-corrected chi connectivity index (χ1v) is 10.5. The number of hydrogen-bond donors (Lipinski definition) is 1. The zero-order valence-electron chi connectivity index (χ0n) is 16.9. The molecule has 1 N–H and O–H groups in total. The van der Waals surface area contributed by atoms with E-state index in [-0.39, 0.29) is 11.9 Å². The molecule has 0 unspecified atom stereocenters. The molecular weight excluding hydrogens is 418 g/mol. The molecule has 6 nitrogen and oxygen atoms in total. The van der Waals surface area contributed by atoms with E-state index in [1.54, 1.807) is 0 Å². The molecule has 1 amide bonds. The fraction of sp³-hybridized carbons (Fsp3) is 0.476. The number of nitrogens with one attached hydrogen (secondary N) is 1. The zero-order valence-corrected chi connectivity index (χ0v) is 18.5. The Hall–Kier alpha value is -1.99. The highest BCUT2D eigenvalue weighted by molar-refractivity contribution is 9.10. The number of amides is 1. The number of aromatic nitrogens is 2. The summed E-state index contributed by atoms with van der Waals surface area (Å²) in [5, 5.41) is 3.00. The molecule has 1 aromatic heterocycles. The van der Waals surface area contributed by atoms with Crippen LogP contribution in [0.15, 0.2) is 34.8 Å². The highest BCUT2D eigenvalue weighted by Crippen LogP contribution is 2.20. The van der Waals surface area contributed by atoms with E-state index in [1.165, 1.54) is 0 Å². The Morgan fingerprint density at radius 1 is 1.07 bits per heavy atom. The number of carbonyl (C=O) groups is 1. The molecular formula is C21H28BrN5O. The third kappa shape index (κ3) is 5.08. The summed E-state index contributed by atoms with van der Waals surface area (Å²) in [5.74, 6) is 2.21. The van der Waals surface area contributed by atoms with Gasteiger partial charge in [-0.3, -0.25) is 9.69 Å². The van der Waals surface area contributed by atoms with Gasteiger partial charge in [0.05, 0.1) is 6.04 Å². The average Bonchev–Trinajstić information content (AvgIpc) is 2.68. The van der Waals surface area contributed by atoms with Gasteiger partial charge in [-0.25, -0.2) is 9.97 Å². The van der Waals surface area contributed by atoms with Crippen LogP contribution in [0.4, 0.5) is 11.5 Å². The first-order valence-electron chi connectivity index (χ1n) is 9.74. The van der Waals surface area contributed by atoms with Crippen LogP contribution in [0.5, 0.6) is 0 Å². The molecule has 3 rings (SSSR count). The van der Waals surface area contributed by atoms with E-state index in [9.17, 15) is 4.79 Å². The van der Waals surface area contributed by atoms with Gasteiger partial charge in [0.15, 0.2) is 0 Å². The monoisotopic (exact) mass is 445 g/mol. The van der Waals surface area contributed by atoms with Gasteiger partial charge in [-0.15, -0.1) is 0 Å². The van der Waals surface area contributed by atoms with Gasteiger partial charge in [-0.05, 0) is 38.1 Å². The van der Waals surface area contributed by atoms with Crippen LogP contribution < -0.4 is 10.2 Å². The standard InChI is InChI=1S/C21H28BrN5O/c1-14(2)20-23-15(3)13-19(25-20)27-11-9-26(10-12-27)16(4)21(28)24-18-7-5-17(22)6-8-18/h5-8,13-14,16H,9-12H2,1-4H3,(H,24,28)/t16-/m0/s1. The number of benzene rings is 1. The number of aryl methyl sites for hydroxylation is 1. The third-order valence-corrected chi connectivity index (χ3v) is 5.58. The zero-order chi connectivity index (χ0) is 20.3. The van der Waals surface area contributed by atoms with Crippen LogP contribution >= 0.6 is 15.9 Å². The van der Waals surface area contributed by atoms with Gasteiger partial charge in [0.2, 0.25) is 5.91 Å². The molecule has 0 bridgehead atoms. The first kappa shape index (κ1) is 20.7. The predicted molar refractivity (Wildman–Crippen MR) is 117 cm³/mol. The summed E-state index contributed by atoms with van der Waals surface area (Å²) in [4.78, 5) is 26.4. The second kappa shape index (κ2) is 9.01. The van der Waals surface area contributed by atoms with Gasteiger partial charge in [-0.1, -0.05) is 29.8 Å². The van der Waals surface area contributed by atoms with Crippen molar-refractivity contribution in [3.05, 3.63) is 46.3 Å². The van der Waals surface area contributed by atoms with Gasteiger partial charge in [0.1, 0.15) is 11.6 Å². The van der Waals surface area contributed by atoms with Crippen molar-refractivity contribution in [1.82, 2.24) is 14.9 Å². The third-order valence-electron chi connectivity index (χ3n) is 5.05. The van der Waals surface area contributed by atoms with Gasteiger partial charge in [-0.2, -0.15) is 0 Å². The Labute approximate surface area is 175 Å². The number of halogens is 1. The summed E-state index contributed by atoms with van der Waals surface area (Å²) in [6.07, 6.45) is 0. The number of piperazine rings is 1. The maximum Gasteiger partial charge on any atom is 0.241 e. The lowest BCUT2D eigenvalue weighted by Crippen LogP contribution is -2.53. The largest absolute Gasteiger partial charge is 0.354 e. The number of hydrogen-bond acceptors (Lipinski definition) is 5. The van der Waals surface area contributed by atoms with Gasteiger partial charge < -0.3 is 10.2 Å². The summed E-state index contributed by atoms with van der Waals surface area (Å²) in [7, 11) is 0. The molecule has 0 saturated carbocycles. The molecule has 1 atom stereocenters. The van der Waals surface area contributed by atoms with Crippen LogP contribution in [-0.4, -0.2) is 53.0 Å². The molecule has 1 aromatic carbocycles. The number of anilines is 2. The summed E-state index contributed by atoms with van der Waals surface area (Å²) in [6.45, 7) is 11.6. The fourth-order valence-corrected chi connectivity index (χ4v) is 3.54. The number of nitrogens with zero attached hydrogens (tertiary/aromatic N) is 4. The van der Waals surface area contributed by atoms with Crippen molar-refractivity contribution in [1.29, 1.82) is 0 Å². The van der Waals surface area contributed by atoms with Crippen LogP contribution in [0.1, 0.15) is 38.2 Å². The Morgan fingerprint density at radius 2 is 1.71 bits per heavy atom. The molecule has 1 aliphatic heterocycles. The average molecular weight is 446 g/mol. The Balaban J connectivity index is 1.58. The van der Waals surface area contributed by atoms with E-state index in [0.717, 1.165) is 53.7 Å². The minimum Gasteiger partial charge on any atom is -0.354 e. The van der Waals surface area contributed by atoms with Crippen LogP contribution in [0.25, 0.3) is 0 Å². The van der Waals surface area contributed by atoms with E-state index in [4.69, 9.17) is 4.98 Å². The van der Waals surface area contributed by atoms with Crippen LogP contribution in [0.2, 0.25) is 0 Å². The van der Waals surface area contributed by atoms with Crippen molar-refractivity contribution < 1.29 is 4.79 Å². The van der Waals surface area contributed by atoms with Crippen molar-refractivity contribution >= 4 is 33.3 Å². The van der Waals surface area contributed by atoms with Crippen LogP contribution in [0, 0.1) is 6.92 Å². The molecule has 0 aliphatic carbocycles. The lowest BCUT2D eigenvalue weighted by atomic mass is 10.2. The molecule has 0 spiro atoms. The molecule has 28 heavy (non-hydrogen) atoms. The van der Waals surface area contributed by atoms with Crippen molar-refractivity contribution in [3.63, 3.8) is 0 Å². The molecule has 0 radical (unpaired) electrons. The number of rotatable bonds is 5. The van der Waals surface area contributed by atoms with E-state index >= 15 is 0 Å². The lowest BCUT2D eigenvalue weighted by Gasteiger charge is -2.38. The molecule has 1 fully saturated rings. The minimum absolute atomic E-state index is 0.0238. The topological polar surface area (TPSA) is 61.4 Å². The quantitative estimate of drug-likeness (QED) is 0.757. The van der Waals surface area contributed by atoms with E-state index < -0.39 is 0 Å². The van der Waals surface area contributed by atoms with Crippen molar-refractivity contribution in [2.45, 2.75) is 39.7 Å². The van der Waals surface area contributed by atoms with Crippen LogP contribution in [-0.2, 0) is 4.79 Å².